The van der Waals surface area contributed by atoms with E-state index >= 15 is 0 Å². The summed E-state index contributed by atoms with van der Waals surface area (Å²) in [5.41, 5.74) is 1.94. The Morgan fingerprint density at radius 3 is 3.16 bits per heavy atom. The van der Waals surface area contributed by atoms with Gasteiger partial charge in [0.05, 0.1) is 18.7 Å². The van der Waals surface area contributed by atoms with Crippen LogP contribution in [0.4, 0.5) is 5.69 Å². The molecule has 0 aromatic heterocycles. The summed E-state index contributed by atoms with van der Waals surface area (Å²) < 4.78 is 11.3. The maximum atomic E-state index is 12.2. The molecule has 4 rings (SSSR count). The normalized spacial score (nSPS) is 27.4. The molecule has 0 aliphatic carbocycles. The molecule has 7 heteroatoms. The summed E-state index contributed by atoms with van der Waals surface area (Å²) in [4.78, 5) is 23.5. The number of carbonyl (C=O) groups is 2. The number of amides is 2. The van der Waals surface area contributed by atoms with Gasteiger partial charge in [-0.15, -0.1) is 0 Å². The van der Waals surface area contributed by atoms with Gasteiger partial charge in [-0.3, -0.25) is 9.59 Å². The van der Waals surface area contributed by atoms with E-state index < -0.39 is 0 Å². The first-order valence-electron chi connectivity index (χ1n) is 8.90. The standard InChI is InChI=1S/C18H23N3O4/c22-17-4-1-11-9-12(2-3-13(11)21-17)24-8-6-19-18(23)15-10-16-14(20-15)5-7-25-16/h2-3,9,14-16,20H,1,4-8,10H2,(H,19,23)(H,21,22)/t14-,15-,16-/m0/s1. The van der Waals surface area contributed by atoms with Crippen molar-refractivity contribution < 1.29 is 19.1 Å². The van der Waals surface area contributed by atoms with Crippen molar-refractivity contribution in [2.24, 2.45) is 0 Å². The zero-order valence-corrected chi connectivity index (χ0v) is 14.0. The highest BCUT2D eigenvalue weighted by Crippen LogP contribution is 2.27. The van der Waals surface area contributed by atoms with Crippen LogP contribution in [-0.2, 0) is 20.7 Å². The first kappa shape index (κ1) is 16.4. The molecule has 0 bridgehead atoms. The molecule has 2 amide bonds. The Morgan fingerprint density at radius 1 is 1.36 bits per heavy atom. The summed E-state index contributed by atoms with van der Waals surface area (Å²) in [5.74, 6) is 0.819. The maximum absolute atomic E-state index is 12.2. The topological polar surface area (TPSA) is 88.7 Å². The van der Waals surface area contributed by atoms with E-state index in [1.165, 1.54) is 0 Å². The van der Waals surface area contributed by atoms with E-state index in [2.05, 4.69) is 16.0 Å². The van der Waals surface area contributed by atoms with Crippen LogP contribution in [0, 0.1) is 0 Å². The summed E-state index contributed by atoms with van der Waals surface area (Å²) in [6.07, 6.45) is 3.15. The molecule has 3 N–H and O–H groups in total. The second-order valence-electron chi connectivity index (χ2n) is 6.77. The van der Waals surface area contributed by atoms with E-state index in [0.29, 0.717) is 25.6 Å². The highest BCUT2D eigenvalue weighted by atomic mass is 16.5. The Bertz CT molecular complexity index is 666. The molecule has 2 saturated heterocycles. The number of carbonyl (C=O) groups excluding carboxylic acids is 2. The van der Waals surface area contributed by atoms with Gasteiger partial charge >= 0.3 is 0 Å². The Kier molecular flexibility index (Phi) is 4.59. The van der Waals surface area contributed by atoms with Crippen molar-refractivity contribution in [2.45, 2.75) is 43.9 Å². The molecule has 3 aliphatic rings. The van der Waals surface area contributed by atoms with E-state index in [-0.39, 0.29) is 24.0 Å². The molecule has 3 heterocycles. The van der Waals surface area contributed by atoms with Crippen LogP contribution in [0.3, 0.4) is 0 Å². The van der Waals surface area contributed by atoms with E-state index in [1.807, 2.05) is 18.2 Å². The summed E-state index contributed by atoms with van der Waals surface area (Å²) in [6.45, 7) is 1.66. The van der Waals surface area contributed by atoms with Crippen LogP contribution < -0.4 is 20.7 Å². The molecule has 0 radical (unpaired) electrons. The Morgan fingerprint density at radius 2 is 2.28 bits per heavy atom. The van der Waals surface area contributed by atoms with Gasteiger partial charge < -0.3 is 25.4 Å². The number of fused-ring (bicyclic) bond motifs is 2. The second-order valence-corrected chi connectivity index (χ2v) is 6.77. The number of rotatable bonds is 5. The summed E-state index contributed by atoms with van der Waals surface area (Å²) >= 11 is 0. The minimum atomic E-state index is -0.164. The van der Waals surface area contributed by atoms with Crippen LogP contribution >= 0.6 is 0 Å². The fourth-order valence-electron chi connectivity index (χ4n) is 3.73. The highest BCUT2D eigenvalue weighted by molar-refractivity contribution is 5.94. The van der Waals surface area contributed by atoms with Crippen LogP contribution in [0.15, 0.2) is 18.2 Å². The molecular weight excluding hydrogens is 322 g/mol. The number of aryl methyl sites for hydroxylation is 1. The van der Waals surface area contributed by atoms with Crippen molar-refractivity contribution >= 4 is 17.5 Å². The summed E-state index contributed by atoms with van der Waals surface area (Å²) in [7, 11) is 0. The molecule has 3 atom stereocenters. The van der Waals surface area contributed by atoms with Crippen LogP contribution in [0.5, 0.6) is 5.75 Å². The van der Waals surface area contributed by atoms with Gasteiger partial charge in [0.25, 0.3) is 0 Å². The van der Waals surface area contributed by atoms with Gasteiger partial charge in [-0.2, -0.15) is 0 Å². The van der Waals surface area contributed by atoms with Gasteiger partial charge in [0.1, 0.15) is 12.4 Å². The fourth-order valence-corrected chi connectivity index (χ4v) is 3.73. The van der Waals surface area contributed by atoms with Crippen molar-refractivity contribution in [3.05, 3.63) is 23.8 Å². The number of hydrogen-bond donors (Lipinski definition) is 3. The Labute approximate surface area is 146 Å². The molecular formula is C18H23N3O4. The van der Waals surface area contributed by atoms with Crippen molar-refractivity contribution in [2.75, 3.05) is 25.1 Å². The molecule has 25 heavy (non-hydrogen) atoms. The third-order valence-corrected chi connectivity index (χ3v) is 5.05. The van der Waals surface area contributed by atoms with Gasteiger partial charge in [0.15, 0.2) is 0 Å². The van der Waals surface area contributed by atoms with Gasteiger partial charge in [0, 0.05) is 24.8 Å². The number of anilines is 1. The number of benzene rings is 1. The molecule has 0 saturated carbocycles. The SMILES string of the molecule is O=C1CCc2cc(OCCNC(=O)[C@@H]3C[C@@H]4OCC[C@@H]4N3)ccc2N1. The quantitative estimate of drug-likeness (QED) is 0.680. The van der Waals surface area contributed by atoms with Crippen LogP contribution in [0.1, 0.15) is 24.8 Å². The zero-order chi connectivity index (χ0) is 17.2. The van der Waals surface area contributed by atoms with Crippen molar-refractivity contribution in [1.82, 2.24) is 10.6 Å². The molecule has 7 nitrogen and oxygen atoms in total. The molecule has 1 aromatic rings. The largest absolute Gasteiger partial charge is 0.492 e. The van der Waals surface area contributed by atoms with E-state index in [0.717, 1.165) is 42.9 Å². The van der Waals surface area contributed by atoms with Crippen molar-refractivity contribution in [3.63, 3.8) is 0 Å². The predicted octanol–water partition coefficient (Wildman–Crippen LogP) is 0.586. The molecule has 1 aromatic carbocycles. The smallest absolute Gasteiger partial charge is 0.237 e. The Hall–Kier alpha value is -2.12. The second kappa shape index (κ2) is 7.01. The van der Waals surface area contributed by atoms with Gasteiger partial charge in [0.2, 0.25) is 11.8 Å². The third kappa shape index (κ3) is 3.62. The molecule has 0 spiro atoms. The number of hydrogen-bond acceptors (Lipinski definition) is 5. The van der Waals surface area contributed by atoms with Crippen LogP contribution in [0.25, 0.3) is 0 Å². The lowest BCUT2D eigenvalue weighted by Crippen LogP contribution is -2.43. The molecule has 134 valence electrons. The van der Waals surface area contributed by atoms with Gasteiger partial charge in [-0.05, 0) is 43.0 Å². The minimum Gasteiger partial charge on any atom is -0.492 e. The lowest BCUT2D eigenvalue weighted by atomic mass is 10.0. The fraction of sp³-hybridized carbons (Fsp3) is 0.556. The molecule has 2 fully saturated rings. The Balaban J connectivity index is 1.21. The third-order valence-electron chi connectivity index (χ3n) is 5.05. The first-order chi connectivity index (χ1) is 12.2. The maximum Gasteiger partial charge on any atom is 0.237 e. The van der Waals surface area contributed by atoms with Crippen molar-refractivity contribution in [1.29, 1.82) is 0 Å². The average molecular weight is 345 g/mol. The van der Waals surface area contributed by atoms with Crippen LogP contribution in [0.2, 0.25) is 0 Å². The summed E-state index contributed by atoms with van der Waals surface area (Å²) in [5, 5.41) is 9.10. The average Bonchev–Trinajstić information content (AvgIpc) is 3.20. The zero-order valence-electron chi connectivity index (χ0n) is 14.0. The van der Waals surface area contributed by atoms with Crippen molar-refractivity contribution in [3.8, 4) is 5.75 Å². The van der Waals surface area contributed by atoms with E-state index in [1.54, 1.807) is 0 Å². The molecule has 3 aliphatic heterocycles. The lowest BCUT2D eigenvalue weighted by molar-refractivity contribution is -0.123. The first-order valence-corrected chi connectivity index (χ1v) is 8.90. The minimum absolute atomic E-state index is 0.00903. The predicted molar refractivity (Wildman–Crippen MR) is 91.6 cm³/mol. The molecule has 0 unspecified atom stereocenters. The van der Waals surface area contributed by atoms with Gasteiger partial charge in [-0.25, -0.2) is 0 Å². The summed E-state index contributed by atoms with van der Waals surface area (Å²) in [6, 6.07) is 5.81. The van der Waals surface area contributed by atoms with Crippen LogP contribution in [-0.4, -0.2) is 49.8 Å². The van der Waals surface area contributed by atoms with E-state index in [9.17, 15) is 9.59 Å². The highest BCUT2D eigenvalue weighted by Gasteiger charge is 2.40. The van der Waals surface area contributed by atoms with Gasteiger partial charge in [-0.1, -0.05) is 0 Å². The van der Waals surface area contributed by atoms with E-state index in [4.69, 9.17) is 9.47 Å². The number of nitrogens with one attached hydrogen (secondary N) is 3. The lowest BCUT2D eigenvalue weighted by Gasteiger charge is -2.18. The monoisotopic (exact) mass is 345 g/mol. The number of ether oxygens (including phenoxy) is 2.